The highest BCUT2D eigenvalue weighted by Gasteiger charge is 2.14. The predicted molar refractivity (Wildman–Crippen MR) is 76.0 cm³/mol. The minimum atomic E-state index is -0.413. The number of rotatable bonds is 4. The molecule has 100 valence electrons. The summed E-state index contributed by atoms with van der Waals surface area (Å²) in [4.78, 5) is 10.5. The van der Waals surface area contributed by atoms with Crippen molar-refractivity contribution in [3.8, 4) is 0 Å². The third-order valence-corrected chi connectivity index (χ3v) is 3.50. The molecule has 1 atom stereocenters. The van der Waals surface area contributed by atoms with Crippen molar-refractivity contribution in [3.63, 3.8) is 0 Å². The molecular formula is C12H13BrN4O2. The standard InChI is InChI=1S/C12H13BrN4O2/c1-8(11-5-6-14-16(11)2)15-9-3-4-10(13)12(7-9)17(18)19/h3-8,15H,1-2H3. The number of nitrogens with zero attached hydrogens (tertiary/aromatic N) is 3. The molecule has 1 heterocycles. The number of aryl methyl sites for hydroxylation is 1. The van der Waals surface area contributed by atoms with Gasteiger partial charge in [-0.1, -0.05) is 0 Å². The normalized spacial score (nSPS) is 12.2. The van der Waals surface area contributed by atoms with Crippen LogP contribution in [0.15, 0.2) is 34.9 Å². The average molecular weight is 325 g/mol. The van der Waals surface area contributed by atoms with Gasteiger partial charge in [-0.2, -0.15) is 5.10 Å². The zero-order valence-electron chi connectivity index (χ0n) is 10.5. The van der Waals surface area contributed by atoms with Crippen molar-refractivity contribution in [1.29, 1.82) is 0 Å². The molecule has 0 aliphatic carbocycles. The molecule has 0 fully saturated rings. The van der Waals surface area contributed by atoms with Gasteiger partial charge in [0.25, 0.3) is 5.69 Å². The molecule has 0 spiro atoms. The molecule has 0 radical (unpaired) electrons. The Balaban J connectivity index is 2.22. The van der Waals surface area contributed by atoms with Gasteiger partial charge in [0, 0.05) is 25.0 Å². The van der Waals surface area contributed by atoms with Gasteiger partial charge in [-0.05, 0) is 41.1 Å². The summed E-state index contributed by atoms with van der Waals surface area (Å²) in [6, 6.07) is 6.88. The molecule has 0 aliphatic rings. The molecule has 1 unspecified atom stereocenters. The van der Waals surface area contributed by atoms with Gasteiger partial charge in [0.2, 0.25) is 0 Å². The van der Waals surface area contributed by atoms with Gasteiger partial charge >= 0.3 is 0 Å². The molecule has 2 rings (SSSR count). The van der Waals surface area contributed by atoms with Crippen LogP contribution in [-0.4, -0.2) is 14.7 Å². The number of benzene rings is 1. The van der Waals surface area contributed by atoms with Crippen LogP contribution < -0.4 is 5.32 Å². The number of nitro benzene ring substituents is 1. The summed E-state index contributed by atoms with van der Waals surface area (Å²) in [5.41, 5.74) is 1.75. The predicted octanol–water partition coefficient (Wildman–Crippen LogP) is 3.26. The second-order valence-corrected chi connectivity index (χ2v) is 5.02. The maximum Gasteiger partial charge on any atom is 0.285 e. The fourth-order valence-corrected chi connectivity index (χ4v) is 2.27. The Kier molecular flexibility index (Phi) is 3.84. The van der Waals surface area contributed by atoms with Crippen LogP contribution in [0.25, 0.3) is 0 Å². The lowest BCUT2D eigenvalue weighted by Crippen LogP contribution is -2.11. The summed E-state index contributed by atoms with van der Waals surface area (Å²) in [5, 5.41) is 18.2. The van der Waals surface area contributed by atoms with Crippen molar-refractivity contribution in [2.45, 2.75) is 13.0 Å². The van der Waals surface area contributed by atoms with Gasteiger partial charge in [-0.25, -0.2) is 0 Å². The number of aromatic nitrogens is 2. The van der Waals surface area contributed by atoms with Gasteiger partial charge in [0.05, 0.1) is 21.1 Å². The SMILES string of the molecule is CC(Nc1ccc(Br)c([N+](=O)[O-])c1)c1ccnn1C. The maximum atomic E-state index is 10.9. The van der Waals surface area contributed by atoms with Crippen LogP contribution in [-0.2, 0) is 7.05 Å². The highest BCUT2D eigenvalue weighted by atomic mass is 79.9. The average Bonchev–Trinajstić information content (AvgIpc) is 2.77. The van der Waals surface area contributed by atoms with E-state index in [1.807, 2.05) is 20.0 Å². The van der Waals surface area contributed by atoms with E-state index in [4.69, 9.17) is 0 Å². The van der Waals surface area contributed by atoms with Crippen molar-refractivity contribution in [3.05, 3.63) is 50.7 Å². The fraction of sp³-hybridized carbons (Fsp3) is 0.250. The largest absolute Gasteiger partial charge is 0.377 e. The van der Waals surface area contributed by atoms with Gasteiger partial charge in [-0.15, -0.1) is 0 Å². The first-order valence-corrected chi connectivity index (χ1v) is 6.46. The second kappa shape index (κ2) is 5.40. The molecule has 0 amide bonds. The van der Waals surface area contributed by atoms with Gasteiger partial charge in [-0.3, -0.25) is 14.8 Å². The van der Waals surface area contributed by atoms with Gasteiger partial charge in [0.1, 0.15) is 0 Å². The van der Waals surface area contributed by atoms with Crippen LogP contribution in [0, 0.1) is 10.1 Å². The molecule has 2 aromatic rings. The smallest absolute Gasteiger partial charge is 0.285 e. The molecule has 19 heavy (non-hydrogen) atoms. The zero-order valence-corrected chi connectivity index (χ0v) is 12.1. The van der Waals surface area contributed by atoms with E-state index in [0.29, 0.717) is 10.2 Å². The van der Waals surface area contributed by atoms with Gasteiger partial charge in [0.15, 0.2) is 0 Å². The Morgan fingerprint density at radius 1 is 1.47 bits per heavy atom. The summed E-state index contributed by atoms with van der Waals surface area (Å²) in [7, 11) is 1.86. The van der Waals surface area contributed by atoms with Crippen molar-refractivity contribution in [1.82, 2.24) is 9.78 Å². The Morgan fingerprint density at radius 3 is 2.79 bits per heavy atom. The molecule has 0 aliphatic heterocycles. The molecule has 0 bridgehead atoms. The quantitative estimate of drug-likeness (QED) is 0.692. The lowest BCUT2D eigenvalue weighted by molar-refractivity contribution is -0.385. The van der Waals surface area contributed by atoms with E-state index in [9.17, 15) is 10.1 Å². The molecule has 7 heteroatoms. The molecule has 0 saturated heterocycles. The van der Waals surface area contributed by atoms with E-state index in [1.165, 1.54) is 6.07 Å². The topological polar surface area (TPSA) is 73.0 Å². The molecule has 6 nitrogen and oxygen atoms in total. The fourth-order valence-electron chi connectivity index (χ4n) is 1.88. The van der Waals surface area contributed by atoms with Crippen molar-refractivity contribution >= 4 is 27.3 Å². The zero-order chi connectivity index (χ0) is 14.0. The Hall–Kier alpha value is -1.89. The van der Waals surface area contributed by atoms with Crippen LogP contribution in [0.5, 0.6) is 0 Å². The summed E-state index contributed by atoms with van der Waals surface area (Å²) in [5.74, 6) is 0. The Morgan fingerprint density at radius 2 is 2.21 bits per heavy atom. The van der Waals surface area contributed by atoms with Gasteiger partial charge < -0.3 is 5.32 Å². The number of halogens is 1. The first kappa shape index (κ1) is 13.5. The van der Waals surface area contributed by atoms with Crippen LogP contribution >= 0.6 is 15.9 Å². The Labute approximate surface area is 118 Å². The van der Waals surface area contributed by atoms with Crippen molar-refractivity contribution < 1.29 is 4.92 Å². The molecule has 1 N–H and O–H groups in total. The maximum absolute atomic E-state index is 10.9. The monoisotopic (exact) mass is 324 g/mol. The molecule has 0 saturated carbocycles. The number of anilines is 1. The number of hydrogen-bond donors (Lipinski definition) is 1. The first-order chi connectivity index (χ1) is 8.99. The van der Waals surface area contributed by atoms with E-state index >= 15 is 0 Å². The summed E-state index contributed by atoms with van der Waals surface area (Å²) in [6.07, 6.45) is 1.72. The highest BCUT2D eigenvalue weighted by molar-refractivity contribution is 9.10. The van der Waals surface area contributed by atoms with Crippen LogP contribution in [0.2, 0.25) is 0 Å². The summed E-state index contributed by atoms with van der Waals surface area (Å²) >= 11 is 3.16. The van der Waals surface area contributed by atoms with Crippen molar-refractivity contribution in [2.24, 2.45) is 7.05 Å². The number of hydrogen-bond acceptors (Lipinski definition) is 4. The van der Waals surface area contributed by atoms with Crippen LogP contribution in [0.4, 0.5) is 11.4 Å². The molecule has 1 aromatic heterocycles. The molecular weight excluding hydrogens is 312 g/mol. The van der Waals surface area contributed by atoms with E-state index in [1.54, 1.807) is 23.0 Å². The highest BCUT2D eigenvalue weighted by Crippen LogP contribution is 2.29. The second-order valence-electron chi connectivity index (χ2n) is 4.17. The third kappa shape index (κ3) is 2.93. The lowest BCUT2D eigenvalue weighted by Gasteiger charge is -2.15. The minimum absolute atomic E-state index is 0.00767. The third-order valence-electron chi connectivity index (χ3n) is 2.83. The molecule has 1 aromatic carbocycles. The summed E-state index contributed by atoms with van der Waals surface area (Å²) < 4.78 is 2.24. The minimum Gasteiger partial charge on any atom is -0.377 e. The lowest BCUT2D eigenvalue weighted by atomic mass is 10.2. The summed E-state index contributed by atoms with van der Waals surface area (Å²) in [6.45, 7) is 1.98. The van der Waals surface area contributed by atoms with Crippen LogP contribution in [0.3, 0.4) is 0 Å². The van der Waals surface area contributed by atoms with E-state index in [0.717, 1.165) is 5.69 Å². The van der Waals surface area contributed by atoms with E-state index in [2.05, 4.69) is 26.3 Å². The van der Waals surface area contributed by atoms with E-state index in [-0.39, 0.29) is 11.7 Å². The number of nitrogens with one attached hydrogen (secondary N) is 1. The first-order valence-electron chi connectivity index (χ1n) is 5.67. The van der Waals surface area contributed by atoms with Crippen LogP contribution in [0.1, 0.15) is 18.7 Å². The van der Waals surface area contributed by atoms with Crippen molar-refractivity contribution in [2.75, 3.05) is 5.32 Å². The Bertz CT molecular complexity index is 612. The van der Waals surface area contributed by atoms with E-state index < -0.39 is 4.92 Å². The number of nitro groups is 1.